The summed E-state index contributed by atoms with van der Waals surface area (Å²) in [7, 11) is 0. The van der Waals surface area contributed by atoms with Crippen LogP contribution >= 0.6 is 0 Å². The van der Waals surface area contributed by atoms with Gasteiger partial charge in [-0.2, -0.15) is 13.2 Å². The van der Waals surface area contributed by atoms with Crippen LogP contribution in [0.2, 0.25) is 0 Å². The average Bonchev–Trinajstić information content (AvgIpc) is 2.96. The van der Waals surface area contributed by atoms with E-state index in [4.69, 9.17) is 11.5 Å². The Kier molecular flexibility index (Phi) is 5.91. The van der Waals surface area contributed by atoms with E-state index in [0.717, 1.165) is 37.8 Å². The average molecular weight is 369 g/mol. The molecule has 0 amide bonds. The molecule has 0 aromatic heterocycles. The van der Waals surface area contributed by atoms with Gasteiger partial charge in [0, 0.05) is 17.8 Å². The van der Waals surface area contributed by atoms with E-state index in [1.807, 2.05) is 0 Å². The zero-order valence-electron chi connectivity index (χ0n) is 15.1. The van der Waals surface area contributed by atoms with Crippen molar-refractivity contribution in [3.8, 4) is 0 Å². The molecule has 7 heteroatoms. The highest BCUT2D eigenvalue weighted by Gasteiger charge is 2.32. The zero-order valence-corrected chi connectivity index (χ0v) is 15.1. The van der Waals surface area contributed by atoms with Crippen LogP contribution in [0.25, 0.3) is 5.70 Å². The Morgan fingerprint density at radius 3 is 2.19 bits per heavy atom. The van der Waals surface area contributed by atoms with Gasteiger partial charge in [-0.25, -0.2) is 0 Å². The van der Waals surface area contributed by atoms with Gasteiger partial charge in [0.25, 0.3) is 0 Å². The summed E-state index contributed by atoms with van der Waals surface area (Å²) >= 11 is 0. The maximum absolute atomic E-state index is 12.9. The molecule has 0 heterocycles. The topological polar surface area (TPSA) is 84.3 Å². The summed E-state index contributed by atoms with van der Waals surface area (Å²) in [5.74, 6) is 0.343. The molecule has 0 unspecified atom stereocenters. The molecule has 0 aliphatic heterocycles. The molecule has 0 spiro atoms. The predicted molar refractivity (Wildman–Crippen MR) is 96.8 cm³/mol. The zero-order chi connectivity index (χ0) is 19.5. The van der Waals surface area contributed by atoms with Crippen molar-refractivity contribution in [2.24, 2.45) is 11.5 Å². The van der Waals surface area contributed by atoms with Crippen molar-refractivity contribution >= 4 is 5.70 Å². The molecule has 0 saturated heterocycles. The van der Waals surface area contributed by atoms with Crippen LogP contribution in [0.5, 0.6) is 0 Å². The standard InChI is InChI=1S/C19H26F3N3O/c1-12-9-14(19(20,21)22)10-13(2)17(12)15(23)5-6-16(24)25-11-18(26)7-3-4-8-18/h5-6,9-10,25-26H,3-4,7-8,11,23-24H2,1-2H3/b15-5-,16-6+. The minimum atomic E-state index is -4.39. The highest BCUT2D eigenvalue weighted by molar-refractivity contribution is 5.70. The first-order valence-electron chi connectivity index (χ1n) is 8.60. The molecule has 4 nitrogen and oxygen atoms in total. The lowest BCUT2D eigenvalue weighted by Gasteiger charge is -2.22. The van der Waals surface area contributed by atoms with Crippen LogP contribution in [0.15, 0.2) is 30.1 Å². The Bertz CT molecular complexity index is 694. The van der Waals surface area contributed by atoms with Crippen molar-refractivity contribution in [2.75, 3.05) is 6.54 Å². The second-order valence-electron chi connectivity index (χ2n) is 7.01. The fourth-order valence-corrected chi connectivity index (χ4v) is 3.38. The van der Waals surface area contributed by atoms with Crippen molar-refractivity contribution in [2.45, 2.75) is 51.3 Å². The smallest absolute Gasteiger partial charge is 0.398 e. The van der Waals surface area contributed by atoms with E-state index in [1.165, 1.54) is 0 Å². The molecule has 2 rings (SSSR count). The number of aryl methyl sites for hydroxylation is 2. The molecule has 0 radical (unpaired) electrons. The second-order valence-corrected chi connectivity index (χ2v) is 7.01. The van der Waals surface area contributed by atoms with E-state index in [1.54, 1.807) is 26.0 Å². The van der Waals surface area contributed by atoms with Crippen LogP contribution in [0, 0.1) is 13.8 Å². The molecule has 0 bridgehead atoms. The monoisotopic (exact) mass is 369 g/mol. The number of nitrogens with one attached hydrogen (secondary N) is 1. The van der Waals surface area contributed by atoms with Gasteiger partial charge >= 0.3 is 6.18 Å². The lowest BCUT2D eigenvalue weighted by Crippen LogP contribution is -2.39. The SMILES string of the molecule is Cc1cc(C(F)(F)F)cc(C)c1/C(N)=C/C=C(\N)NCC1(O)CCCC1. The summed E-state index contributed by atoms with van der Waals surface area (Å²) in [6.45, 7) is 3.56. The van der Waals surface area contributed by atoms with E-state index in [-0.39, 0.29) is 0 Å². The highest BCUT2D eigenvalue weighted by Crippen LogP contribution is 2.33. The molecule has 1 saturated carbocycles. The minimum absolute atomic E-state index is 0.332. The lowest BCUT2D eigenvalue weighted by atomic mass is 9.96. The van der Waals surface area contributed by atoms with Gasteiger partial charge < -0.3 is 21.9 Å². The van der Waals surface area contributed by atoms with E-state index in [0.29, 0.717) is 34.8 Å². The van der Waals surface area contributed by atoms with Crippen LogP contribution in [0.3, 0.4) is 0 Å². The van der Waals surface area contributed by atoms with Crippen LogP contribution in [0.4, 0.5) is 13.2 Å². The predicted octanol–water partition coefficient (Wildman–Crippen LogP) is 3.32. The first-order chi connectivity index (χ1) is 12.0. The summed E-state index contributed by atoms with van der Waals surface area (Å²) in [5.41, 5.74) is 12.3. The molecule has 1 aromatic carbocycles. The summed E-state index contributed by atoms with van der Waals surface area (Å²) in [6, 6.07) is 2.17. The number of alkyl halides is 3. The molecular weight excluding hydrogens is 343 g/mol. The van der Waals surface area contributed by atoms with Crippen LogP contribution in [0.1, 0.15) is 47.9 Å². The first kappa shape index (κ1) is 20.2. The molecular formula is C19H26F3N3O. The number of benzene rings is 1. The second kappa shape index (κ2) is 7.61. The van der Waals surface area contributed by atoms with Crippen molar-refractivity contribution < 1.29 is 18.3 Å². The lowest BCUT2D eigenvalue weighted by molar-refractivity contribution is -0.137. The minimum Gasteiger partial charge on any atom is -0.398 e. The Labute approximate surface area is 151 Å². The van der Waals surface area contributed by atoms with Gasteiger partial charge in [0.15, 0.2) is 0 Å². The molecule has 6 N–H and O–H groups in total. The number of halogens is 3. The van der Waals surface area contributed by atoms with Gasteiger partial charge in [-0.05, 0) is 62.1 Å². The van der Waals surface area contributed by atoms with E-state index < -0.39 is 17.3 Å². The number of hydrogen-bond acceptors (Lipinski definition) is 4. The Hall–Kier alpha value is -2.15. The fraction of sp³-hybridized carbons (Fsp3) is 0.474. The third-order valence-electron chi connectivity index (χ3n) is 4.75. The number of nitrogens with two attached hydrogens (primary N) is 2. The normalized spacial score (nSPS) is 18.2. The Morgan fingerprint density at radius 2 is 1.69 bits per heavy atom. The number of rotatable bonds is 5. The maximum atomic E-state index is 12.9. The Morgan fingerprint density at radius 1 is 1.15 bits per heavy atom. The van der Waals surface area contributed by atoms with Crippen LogP contribution < -0.4 is 16.8 Å². The van der Waals surface area contributed by atoms with Crippen LogP contribution in [-0.2, 0) is 6.18 Å². The van der Waals surface area contributed by atoms with E-state index in [9.17, 15) is 18.3 Å². The fourth-order valence-electron chi connectivity index (χ4n) is 3.38. The van der Waals surface area contributed by atoms with Gasteiger partial charge in [-0.15, -0.1) is 0 Å². The number of aliphatic hydroxyl groups is 1. The molecule has 1 aliphatic rings. The van der Waals surface area contributed by atoms with Crippen LogP contribution in [-0.4, -0.2) is 17.3 Å². The summed E-state index contributed by atoms with van der Waals surface area (Å²) < 4.78 is 38.6. The maximum Gasteiger partial charge on any atom is 0.416 e. The quantitative estimate of drug-likeness (QED) is 0.600. The molecule has 26 heavy (non-hydrogen) atoms. The molecule has 144 valence electrons. The van der Waals surface area contributed by atoms with Gasteiger partial charge in [0.1, 0.15) is 0 Å². The first-order valence-corrected chi connectivity index (χ1v) is 8.60. The third kappa shape index (κ3) is 4.94. The van der Waals surface area contributed by atoms with Gasteiger partial charge in [-0.3, -0.25) is 0 Å². The highest BCUT2D eigenvalue weighted by atomic mass is 19.4. The molecule has 0 atom stereocenters. The molecule has 1 aromatic rings. The van der Waals surface area contributed by atoms with Gasteiger partial charge in [0.05, 0.1) is 17.0 Å². The largest absolute Gasteiger partial charge is 0.416 e. The third-order valence-corrected chi connectivity index (χ3v) is 4.75. The van der Waals surface area contributed by atoms with Crippen molar-refractivity contribution in [1.82, 2.24) is 5.32 Å². The van der Waals surface area contributed by atoms with Gasteiger partial charge in [-0.1, -0.05) is 12.8 Å². The molecule has 1 aliphatic carbocycles. The van der Waals surface area contributed by atoms with Crippen molar-refractivity contribution in [1.29, 1.82) is 0 Å². The molecule has 1 fully saturated rings. The van der Waals surface area contributed by atoms with Gasteiger partial charge in [0.2, 0.25) is 0 Å². The summed E-state index contributed by atoms with van der Waals surface area (Å²) in [6.07, 6.45) is 2.22. The van der Waals surface area contributed by atoms with Crippen molar-refractivity contribution in [3.63, 3.8) is 0 Å². The summed E-state index contributed by atoms with van der Waals surface area (Å²) in [5, 5.41) is 13.3. The van der Waals surface area contributed by atoms with E-state index >= 15 is 0 Å². The Balaban J connectivity index is 2.13. The van der Waals surface area contributed by atoms with Crippen molar-refractivity contribution in [3.05, 3.63) is 52.4 Å². The summed E-state index contributed by atoms with van der Waals surface area (Å²) in [4.78, 5) is 0. The van der Waals surface area contributed by atoms with E-state index in [2.05, 4.69) is 5.32 Å². The number of allylic oxidation sites excluding steroid dienone is 2. The number of hydrogen-bond donors (Lipinski definition) is 4.